The highest BCUT2D eigenvalue weighted by molar-refractivity contribution is 7.98. The molecular formula is C20H16Cl2N4O2S. The second-order valence-electron chi connectivity index (χ2n) is 6.44. The molecule has 2 heterocycles. The second-order valence-corrected chi connectivity index (χ2v) is 8.20. The molecule has 0 amide bonds. The van der Waals surface area contributed by atoms with Gasteiger partial charge in [0.25, 0.3) is 5.56 Å². The molecule has 9 heteroatoms. The minimum absolute atomic E-state index is 0.326. The van der Waals surface area contributed by atoms with Gasteiger partial charge in [0.1, 0.15) is 0 Å². The molecule has 0 fully saturated rings. The largest absolute Gasteiger partial charge is 0.329 e. The normalized spacial score (nSPS) is 11.3. The lowest BCUT2D eigenvalue weighted by Gasteiger charge is -2.10. The van der Waals surface area contributed by atoms with Crippen LogP contribution in [0.2, 0.25) is 10.0 Å². The average Bonchev–Trinajstić information content (AvgIpc) is 3.06. The van der Waals surface area contributed by atoms with Gasteiger partial charge in [-0.2, -0.15) is 0 Å². The minimum atomic E-state index is -0.507. The number of nitrogens with one attached hydrogen (secondary N) is 1. The van der Waals surface area contributed by atoms with E-state index in [2.05, 4.69) is 9.97 Å². The van der Waals surface area contributed by atoms with Crippen LogP contribution in [0.1, 0.15) is 11.1 Å². The summed E-state index contributed by atoms with van der Waals surface area (Å²) in [5.74, 6) is 0.567. The molecule has 0 saturated heterocycles. The molecule has 2 aromatic heterocycles. The number of aromatic nitrogens is 4. The highest BCUT2D eigenvalue weighted by Crippen LogP contribution is 2.29. The van der Waals surface area contributed by atoms with Gasteiger partial charge in [-0.1, -0.05) is 71.4 Å². The molecule has 148 valence electrons. The third-order valence-electron chi connectivity index (χ3n) is 4.57. The fraction of sp³-hybridized carbons (Fsp3) is 0.150. The summed E-state index contributed by atoms with van der Waals surface area (Å²) in [6, 6.07) is 15.0. The first-order chi connectivity index (χ1) is 14.0. The summed E-state index contributed by atoms with van der Waals surface area (Å²) in [4.78, 5) is 31.6. The molecule has 4 rings (SSSR count). The van der Waals surface area contributed by atoms with Crippen LogP contribution in [0.5, 0.6) is 0 Å². The number of rotatable bonds is 5. The zero-order valence-corrected chi connectivity index (χ0v) is 17.7. The molecule has 0 radical (unpaired) electrons. The van der Waals surface area contributed by atoms with Crippen LogP contribution in [-0.2, 0) is 19.3 Å². The summed E-state index contributed by atoms with van der Waals surface area (Å²) >= 11 is 14.1. The van der Waals surface area contributed by atoms with Crippen molar-refractivity contribution in [1.29, 1.82) is 0 Å². The summed E-state index contributed by atoms with van der Waals surface area (Å²) in [6.45, 7) is 0.350. The maximum atomic E-state index is 12.6. The first kappa shape index (κ1) is 19.8. The number of thioether (sulfide) groups is 1. The second kappa shape index (κ2) is 8.10. The van der Waals surface area contributed by atoms with E-state index in [0.717, 1.165) is 11.1 Å². The van der Waals surface area contributed by atoms with Crippen LogP contribution in [0, 0.1) is 0 Å². The number of aromatic amines is 1. The van der Waals surface area contributed by atoms with Gasteiger partial charge in [0.15, 0.2) is 16.3 Å². The van der Waals surface area contributed by atoms with Crippen molar-refractivity contribution in [3.8, 4) is 0 Å². The predicted octanol–water partition coefficient (Wildman–Crippen LogP) is 4.07. The highest BCUT2D eigenvalue weighted by atomic mass is 35.5. The van der Waals surface area contributed by atoms with Crippen molar-refractivity contribution in [2.45, 2.75) is 17.5 Å². The van der Waals surface area contributed by atoms with E-state index in [1.54, 1.807) is 17.7 Å². The van der Waals surface area contributed by atoms with Gasteiger partial charge in [0.05, 0.1) is 6.54 Å². The summed E-state index contributed by atoms with van der Waals surface area (Å²) in [5, 5.41) is 1.86. The van der Waals surface area contributed by atoms with E-state index in [0.29, 0.717) is 38.7 Å². The molecule has 0 bridgehead atoms. The van der Waals surface area contributed by atoms with Crippen molar-refractivity contribution in [3.05, 3.63) is 90.5 Å². The van der Waals surface area contributed by atoms with E-state index in [9.17, 15) is 9.59 Å². The van der Waals surface area contributed by atoms with Crippen molar-refractivity contribution >= 4 is 46.1 Å². The van der Waals surface area contributed by atoms with Crippen molar-refractivity contribution in [1.82, 2.24) is 19.1 Å². The van der Waals surface area contributed by atoms with Crippen LogP contribution in [0.3, 0.4) is 0 Å². The lowest BCUT2D eigenvalue weighted by Crippen LogP contribution is -2.29. The number of benzene rings is 2. The predicted molar refractivity (Wildman–Crippen MR) is 117 cm³/mol. The SMILES string of the molecule is Cn1c(=O)[nH]c(=O)c2c1nc(SCc1ccccc1Cl)n2Cc1ccccc1Cl. The Morgan fingerprint density at radius 3 is 2.28 bits per heavy atom. The Morgan fingerprint density at radius 1 is 1.00 bits per heavy atom. The zero-order chi connectivity index (χ0) is 20.5. The maximum Gasteiger partial charge on any atom is 0.329 e. The van der Waals surface area contributed by atoms with Crippen LogP contribution < -0.4 is 11.2 Å². The molecule has 0 saturated carbocycles. The Kier molecular flexibility index (Phi) is 5.54. The molecule has 1 N–H and O–H groups in total. The van der Waals surface area contributed by atoms with Gasteiger partial charge in [-0.3, -0.25) is 14.3 Å². The van der Waals surface area contributed by atoms with E-state index >= 15 is 0 Å². The smallest absolute Gasteiger partial charge is 0.309 e. The molecule has 0 aliphatic heterocycles. The van der Waals surface area contributed by atoms with E-state index in [4.69, 9.17) is 23.2 Å². The quantitative estimate of drug-likeness (QED) is 0.468. The molecule has 0 aliphatic rings. The van der Waals surface area contributed by atoms with Crippen LogP contribution in [0.15, 0.2) is 63.3 Å². The number of halogens is 2. The maximum absolute atomic E-state index is 12.6. The molecule has 0 aliphatic carbocycles. The standard InChI is InChI=1S/C20H16Cl2N4O2S/c1-25-17-16(18(27)24-19(25)28)26(10-12-6-2-4-8-14(12)21)20(23-17)29-11-13-7-3-5-9-15(13)22/h2-9H,10-11H2,1H3,(H,24,27,28). The number of nitrogens with zero attached hydrogens (tertiary/aromatic N) is 3. The van der Waals surface area contributed by atoms with Gasteiger partial charge in [-0.05, 0) is 23.3 Å². The Hall–Kier alpha value is -2.48. The van der Waals surface area contributed by atoms with Gasteiger partial charge < -0.3 is 4.57 Å². The van der Waals surface area contributed by atoms with E-state index < -0.39 is 11.2 Å². The van der Waals surface area contributed by atoms with E-state index in [1.165, 1.54) is 16.3 Å². The van der Waals surface area contributed by atoms with Crippen LogP contribution in [0.25, 0.3) is 11.2 Å². The van der Waals surface area contributed by atoms with Crippen LogP contribution in [-0.4, -0.2) is 19.1 Å². The topological polar surface area (TPSA) is 72.7 Å². The third-order valence-corrected chi connectivity index (χ3v) is 6.34. The van der Waals surface area contributed by atoms with Gasteiger partial charge in [-0.25, -0.2) is 9.78 Å². The van der Waals surface area contributed by atoms with Crippen molar-refractivity contribution in [2.24, 2.45) is 7.05 Å². The van der Waals surface area contributed by atoms with Crippen molar-refractivity contribution < 1.29 is 0 Å². The number of fused-ring (bicyclic) bond motifs is 1. The summed E-state index contributed by atoms with van der Waals surface area (Å²) in [7, 11) is 1.58. The Labute approximate surface area is 180 Å². The summed E-state index contributed by atoms with van der Waals surface area (Å²) in [6.07, 6.45) is 0. The van der Waals surface area contributed by atoms with E-state index in [1.807, 2.05) is 42.5 Å². The third kappa shape index (κ3) is 3.85. The lowest BCUT2D eigenvalue weighted by molar-refractivity contribution is 0.728. The Balaban J connectivity index is 1.84. The summed E-state index contributed by atoms with van der Waals surface area (Å²) < 4.78 is 3.12. The number of imidazole rings is 1. The number of hydrogen-bond donors (Lipinski definition) is 1. The average molecular weight is 447 g/mol. The minimum Gasteiger partial charge on any atom is -0.309 e. The van der Waals surface area contributed by atoms with Gasteiger partial charge in [0.2, 0.25) is 0 Å². The van der Waals surface area contributed by atoms with Crippen LogP contribution >= 0.6 is 35.0 Å². The zero-order valence-electron chi connectivity index (χ0n) is 15.4. The molecule has 0 atom stereocenters. The monoisotopic (exact) mass is 446 g/mol. The fourth-order valence-corrected chi connectivity index (χ4v) is 4.50. The highest BCUT2D eigenvalue weighted by Gasteiger charge is 2.19. The number of aryl methyl sites for hydroxylation is 1. The Morgan fingerprint density at radius 2 is 1.62 bits per heavy atom. The van der Waals surface area contributed by atoms with E-state index in [-0.39, 0.29) is 0 Å². The molecule has 4 aromatic rings. The molecule has 0 unspecified atom stereocenters. The summed E-state index contributed by atoms with van der Waals surface area (Å²) in [5.41, 5.74) is 1.47. The van der Waals surface area contributed by atoms with Crippen LogP contribution in [0.4, 0.5) is 0 Å². The number of hydrogen-bond acceptors (Lipinski definition) is 4. The molecule has 29 heavy (non-hydrogen) atoms. The molecule has 6 nitrogen and oxygen atoms in total. The van der Waals surface area contributed by atoms with Gasteiger partial charge in [0, 0.05) is 22.8 Å². The number of H-pyrrole nitrogens is 1. The first-order valence-corrected chi connectivity index (χ1v) is 10.5. The van der Waals surface area contributed by atoms with Crippen molar-refractivity contribution in [2.75, 3.05) is 0 Å². The Bertz CT molecular complexity index is 1330. The van der Waals surface area contributed by atoms with Crippen molar-refractivity contribution in [3.63, 3.8) is 0 Å². The first-order valence-electron chi connectivity index (χ1n) is 8.75. The molecule has 2 aromatic carbocycles. The lowest BCUT2D eigenvalue weighted by atomic mass is 10.2. The van der Waals surface area contributed by atoms with Gasteiger partial charge in [-0.15, -0.1) is 0 Å². The fourth-order valence-electron chi connectivity index (χ4n) is 3.03. The molecule has 0 spiro atoms. The van der Waals surface area contributed by atoms with Gasteiger partial charge >= 0.3 is 5.69 Å². The molecular weight excluding hydrogens is 431 g/mol.